The van der Waals surface area contributed by atoms with Gasteiger partial charge in [0.15, 0.2) is 0 Å². The molecule has 0 unspecified atom stereocenters. The van der Waals surface area contributed by atoms with E-state index in [2.05, 4.69) is 12.2 Å². The second-order valence-corrected chi connectivity index (χ2v) is 8.44. The molecule has 1 fully saturated rings. The number of carbonyl (C=O) groups excluding carboxylic acids is 1. The van der Waals surface area contributed by atoms with Gasteiger partial charge in [0.25, 0.3) is 0 Å². The van der Waals surface area contributed by atoms with Gasteiger partial charge in [-0.15, -0.1) is 11.8 Å². The van der Waals surface area contributed by atoms with E-state index in [1.807, 2.05) is 6.26 Å². The number of benzene rings is 1. The summed E-state index contributed by atoms with van der Waals surface area (Å²) in [5.41, 5.74) is 0.547. The number of rotatable bonds is 4. The lowest BCUT2D eigenvalue weighted by molar-refractivity contribution is -0.114. The lowest BCUT2D eigenvalue weighted by atomic mass is 10.0. The topological polar surface area (TPSA) is 66.5 Å². The van der Waals surface area contributed by atoms with Crippen molar-refractivity contribution in [1.82, 2.24) is 4.31 Å². The standard InChI is InChI=1S/C15H22N2O3S2/c1-11-5-4-8-17(10-11)22(19,20)13-6-7-15(21-3)14(9-13)16-12(2)18/h6-7,9,11H,4-5,8,10H2,1-3H3,(H,16,18)/t11-/m1/s1. The molecule has 1 N–H and O–H groups in total. The molecule has 0 spiro atoms. The van der Waals surface area contributed by atoms with Crippen molar-refractivity contribution in [3.8, 4) is 0 Å². The smallest absolute Gasteiger partial charge is 0.243 e. The van der Waals surface area contributed by atoms with Crippen molar-refractivity contribution >= 4 is 33.4 Å². The molecule has 0 aromatic heterocycles. The second-order valence-electron chi connectivity index (χ2n) is 5.65. The van der Waals surface area contributed by atoms with Crippen molar-refractivity contribution in [1.29, 1.82) is 0 Å². The summed E-state index contributed by atoms with van der Waals surface area (Å²) in [6.07, 6.45) is 3.84. The Bertz CT molecular complexity index is 659. The van der Waals surface area contributed by atoms with Gasteiger partial charge < -0.3 is 5.32 Å². The fraction of sp³-hybridized carbons (Fsp3) is 0.533. The fourth-order valence-electron chi connectivity index (χ4n) is 2.65. The number of hydrogen-bond acceptors (Lipinski definition) is 4. The molecule has 0 bridgehead atoms. The van der Waals surface area contributed by atoms with Crippen LogP contribution in [-0.4, -0.2) is 38.0 Å². The highest BCUT2D eigenvalue weighted by Gasteiger charge is 2.29. The molecule has 1 aliphatic rings. The minimum atomic E-state index is -3.51. The Kier molecular flexibility index (Phi) is 5.52. The highest BCUT2D eigenvalue weighted by Crippen LogP contribution is 2.30. The Balaban J connectivity index is 2.36. The van der Waals surface area contributed by atoms with Crippen LogP contribution in [0, 0.1) is 5.92 Å². The van der Waals surface area contributed by atoms with Gasteiger partial charge >= 0.3 is 0 Å². The number of nitrogens with zero attached hydrogens (tertiary/aromatic N) is 1. The first-order valence-corrected chi connectivity index (χ1v) is 9.97. The Hall–Kier alpha value is -1.05. The van der Waals surface area contributed by atoms with Gasteiger partial charge in [-0.2, -0.15) is 4.31 Å². The number of hydrogen-bond donors (Lipinski definition) is 1. The van der Waals surface area contributed by atoms with Gasteiger partial charge in [-0.05, 0) is 43.2 Å². The van der Waals surface area contributed by atoms with Crippen LogP contribution >= 0.6 is 11.8 Å². The summed E-state index contributed by atoms with van der Waals surface area (Å²) in [5, 5.41) is 2.71. The zero-order chi connectivity index (χ0) is 16.3. The summed E-state index contributed by atoms with van der Waals surface area (Å²) >= 11 is 1.47. The highest BCUT2D eigenvalue weighted by atomic mass is 32.2. The zero-order valence-electron chi connectivity index (χ0n) is 13.1. The summed E-state index contributed by atoms with van der Waals surface area (Å²) in [5.74, 6) is 0.167. The molecule has 122 valence electrons. The van der Waals surface area contributed by atoms with E-state index in [0.717, 1.165) is 17.7 Å². The molecule has 1 amide bonds. The lowest BCUT2D eigenvalue weighted by Crippen LogP contribution is -2.39. The average molecular weight is 342 g/mol. The molecule has 5 nitrogen and oxygen atoms in total. The number of anilines is 1. The first-order chi connectivity index (χ1) is 10.3. The van der Waals surface area contributed by atoms with Gasteiger partial charge in [-0.3, -0.25) is 4.79 Å². The number of amides is 1. The molecule has 1 saturated heterocycles. The van der Waals surface area contributed by atoms with E-state index in [1.165, 1.54) is 18.7 Å². The fourth-order valence-corrected chi connectivity index (χ4v) is 4.81. The Morgan fingerprint density at radius 2 is 2.14 bits per heavy atom. The third-order valence-electron chi connectivity index (χ3n) is 3.74. The maximum atomic E-state index is 12.8. The van der Waals surface area contributed by atoms with Crippen molar-refractivity contribution in [2.45, 2.75) is 36.5 Å². The Labute approximate surface area is 136 Å². The van der Waals surface area contributed by atoms with Crippen molar-refractivity contribution in [2.75, 3.05) is 24.7 Å². The third kappa shape index (κ3) is 3.83. The predicted molar refractivity (Wildman–Crippen MR) is 89.7 cm³/mol. The van der Waals surface area contributed by atoms with Crippen LogP contribution < -0.4 is 5.32 Å². The van der Waals surface area contributed by atoms with E-state index in [4.69, 9.17) is 0 Å². The minimum Gasteiger partial charge on any atom is -0.325 e. The molecule has 0 saturated carbocycles. The summed E-state index contributed by atoms with van der Waals surface area (Å²) in [7, 11) is -3.51. The highest BCUT2D eigenvalue weighted by molar-refractivity contribution is 7.98. The molecule has 2 rings (SSSR count). The van der Waals surface area contributed by atoms with Gasteiger partial charge in [-0.1, -0.05) is 6.92 Å². The van der Waals surface area contributed by atoms with E-state index in [0.29, 0.717) is 24.7 Å². The van der Waals surface area contributed by atoms with Crippen LogP contribution in [0.1, 0.15) is 26.7 Å². The molecular weight excluding hydrogens is 320 g/mol. The van der Waals surface area contributed by atoms with Gasteiger partial charge in [-0.25, -0.2) is 8.42 Å². The van der Waals surface area contributed by atoms with E-state index < -0.39 is 10.0 Å². The average Bonchev–Trinajstić information content (AvgIpc) is 2.46. The molecule has 1 atom stereocenters. The number of nitrogens with one attached hydrogen (secondary N) is 1. The van der Waals surface area contributed by atoms with Gasteiger partial charge in [0.2, 0.25) is 15.9 Å². The molecule has 1 aromatic carbocycles. The Morgan fingerprint density at radius 1 is 1.41 bits per heavy atom. The molecule has 0 radical (unpaired) electrons. The maximum Gasteiger partial charge on any atom is 0.243 e. The summed E-state index contributed by atoms with van der Waals surface area (Å²) in [6.45, 7) is 4.60. The van der Waals surface area contributed by atoms with Gasteiger partial charge in [0, 0.05) is 24.9 Å². The van der Waals surface area contributed by atoms with Crippen LogP contribution in [0.3, 0.4) is 0 Å². The zero-order valence-corrected chi connectivity index (χ0v) is 14.8. The lowest BCUT2D eigenvalue weighted by Gasteiger charge is -2.30. The van der Waals surface area contributed by atoms with E-state index >= 15 is 0 Å². The summed E-state index contributed by atoms with van der Waals surface area (Å²) in [4.78, 5) is 12.4. The normalized spacial score (nSPS) is 19.9. The van der Waals surface area contributed by atoms with Crippen LogP contribution in [0.25, 0.3) is 0 Å². The maximum absolute atomic E-state index is 12.8. The Morgan fingerprint density at radius 3 is 2.73 bits per heavy atom. The minimum absolute atomic E-state index is 0.212. The molecule has 1 heterocycles. The van der Waals surface area contributed by atoms with Crippen LogP contribution in [0.5, 0.6) is 0 Å². The predicted octanol–water partition coefficient (Wildman–Crippen LogP) is 2.79. The second kappa shape index (κ2) is 7.02. The van der Waals surface area contributed by atoms with Crippen LogP contribution in [0.4, 0.5) is 5.69 Å². The number of sulfonamides is 1. The van der Waals surface area contributed by atoms with Crippen LogP contribution in [0.15, 0.2) is 28.0 Å². The number of carbonyl (C=O) groups is 1. The quantitative estimate of drug-likeness (QED) is 0.855. The van der Waals surface area contributed by atoms with Crippen molar-refractivity contribution in [2.24, 2.45) is 5.92 Å². The van der Waals surface area contributed by atoms with Crippen molar-refractivity contribution in [3.05, 3.63) is 18.2 Å². The van der Waals surface area contributed by atoms with Crippen molar-refractivity contribution < 1.29 is 13.2 Å². The number of thioether (sulfide) groups is 1. The molecular formula is C15H22N2O3S2. The first kappa shape index (κ1) is 17.3. The summed E-state index contributed by atoms with van der Waals surface area (Å²) < 4.78 is 27.1. The largest absolute Gasteiger partial charge is 0.325 e. The monoisotopic (exact) mass is 342 g/mol. The van der Waals surface area contributed by atoms with E-state index in [-0.39, 0.29) is 10.8 Å². The SMILES string of the molecule is CSc1ccc(S(=O)(=O)N2CCC[C@@H](C)C2)cc1NC(C)=O. The number of piperidine rings is 1. The molecule has 0 aliphatic carbocycles. The molecule has 1 aliphatic heterocycles. The van der Waals surface area contributed by atoms with Crippen molar-refractivity contribution in [3.63, 3.8) is 0 Å². The van der Waals surface area contributed by atoms with Gasteiger partial charge in [0.05, 0.1) is 10.6 Å². The molecule has 7 heteroatoms. The summed E-state index contributed by atoms with van der Waals surface area (Å²) in [6, 6.07) is 4.92. The van der Waals surface area contributed by atoms with Gasteiger partial charge in [0.1, 0.15) is 0 Å². The molecule has 22 heavy (non-hydrogen) atoms. The molecule has 1 aromatic rings. The first-order valence-electron chi connectivity index (χ1n) is 7.30. The van der Waals surface area contributed by atoms with Crippen LogP contribution in [-0.2, 0) is 14.8 Å². The van der Waals surface area contributed by atoms with E-state index in [1.54, 1.807) is 22.5 Å². The van der Waals surface area contributed by atoms with Crippen LogP contribution in [0.2, 0.25) is 0 Å². The van der Waals surface area contributed by atoms with E-state index in [9.17, 15) is 13.2 Å². The third-order valence-corrected chi connectivity index (χ3v) is 6.40.